The number of fused-ring (bicyclic) bond motifs is 1. The SMILES string of the molecule is CC1(C)Oc2cc(O)cc(CCc3ccccc3)c2C[C@@H]1O. The quantitative estimate of drug-likeness (QED) is 0.914. The number of phenols is 1. The van der Waals surface area contributed by atoms with Gasteiger partial charge in [-0.25, -0.2) is 0 Å². The Morgan fingerprint density at radius 2 is 1.86 bits per heavy atom. The highest BCUT2D eigenvalue weighted by Gasteiger charge is 2.36. The van der Waals surface area contributed by atoms with Crippen molar-refractivity contribution in [3.05, 3.63) is 59.2 Å². The number of aromatic hydroxyl groups is 1. The first kappa shape index (κ1) is 14.9. The van der Waals surface area contributed by atoms with Crippen molar-refractivity contribution in [2.45, 2.75) is 44.8 Å². The Balaban J connectivity index is 1.88. The Hall–Kier alpha value is -2.00. The van der Waals surface area contributed by atoms with Gasteiger partial charge in [0.15, 0.2) is 0 Å². The zero-order valence-electron chi connectivity index (χ0n) is 13.0. The summed E-state index contributed by atoms with van der Waals surface area (Å²) >= 11 is 0. The summed E-state index contributed by atoms with van der Waals surface area (Å²) in [5.41, 5.74) is 2.70. The van der Waals surface area contributed by atoms with Gasteiger partial charge in [0.2, 0.25) is 0 Å². The van der Waals surface area contributed by atoms with Crippen molar-refractivity contribution < 1.29 is 14.9 Å². The van der Waals surface area contributed by atoms with Crippen LogP contribution in [0.25, 0.3) is 0 Å². The van der Waals surface area contributed by atoms with Crippen LogP contribution in [0.1, 0.15) is 30.5 Å². The van der Waals surface area contributed by atoms with E-state index in [1.54, 1.807) is 12.1 Å². The first-order chi connectivity index (χ1) is 10.5. The molecule has 1 heterocycles. The van der Waals surface area contributed by atoms with Gasteiger partial charge >= 0.3 is 0 Å². The van der Waals surface area contributed by atoms with E-state index in [4.69, 9.17) is 4.74 Å². The zero-order chi connectivity index (χ0) is 15.7. The Morgan fingerprint density at radius 1 is 1.14 bits per heavy atom. The van der Waals surface area contributed by atoms with E-state index >= 15 is 0 Å². The number of hydrogen-bond acceptors (Lipinski definition) is 3. The van der Waals surface area contributed by atoms with Crippen LogP contribution >= 0.6 is 0 Å². The smallest absolute Gasteiger partial charge is 0.129 e. The Morgan fingerprint density at radius 3 is 2.59 bits per heavy atom. The molecule has 1 aliphatic heterocycles. The van der Waals surface area contributed by atoms with Gasteiger partial charge in [0.05, 0.1) is 6.10 Å². The summed E-state index contributed by atoms with van der Waals surface area (Å²) in [6.07, 6.45) is 1.74. The largest absolute Gasteiger partial charge is 0.508 e. The van der Waals surface area contributed by atoms with E-state index < -0.39 is 11.7 Å². The molecule has 1 atom stereocenters. The second-order valence-electron chi connectivity index (χ2n) is 6.49. The van der Waals surface area contributed by atoms with Crippen molar-refractivity contribution in [3.8, 4) is 11.5 Å². The van der Waals surface area contributed by atoms with Crippen molar-refractivity contribution in [3.63, 3.8) is 0 Å². The van der Waals surface area contributed by atoms with Crippen molar-refractivity contribution in [1.82, 2.24) is 0 Å². The topological polar surface area (TPSA) is 49.7 Å². The molecule has 0 spiro atoms. The molecule has 0 aromatic heterocycles. The van der Waals surface area contributed by atoms with Gasteiger partial charge in [0.1, 0.15) is 17.1 Å². The molecule has 0 radical (unpaired) electrons. The van der Waals surface area contributed by atoms with Gasteiger partial charge in [-0.15, -0.1) is 0 Å². The molecule has 0 unspecified atom stereocenters. The maximum Gasteiger partial charge on any atom is 0.129 e. The molecule has 1 aliphatic rings. The van der Waals surface area contributed by atoms with Crippen LogP contribution in [-0.2, 0) is 19.3 Å². The molecule has 0 saturated carbocycles. The number of aryl methyl sites for hydroxylation is 2. The number of hydrogen-bond donors (Lipinski definition) is 2. The average molecular weight is 298 g/mol. The van der Waals surface area contributed by atoms with Gasteiger partial charge in [0.25, 0.3) is 0 Å². The van der Waals surface area contributed by atoms with Crippen molar-refractivity contribution in [2.24, 2.45) is 0 Å². The standard InChI is InChI=1S/C19H22O3/c1-19(2)18(21)12-16-14(10-15(20)11-17(16)22-19)9-8-13-6-4-3-5-7-13/h3-7,10-11,18,20-21H,8-9,12H2,1-2H3/t18-/m0/s1. The van der Waals surface area contributed by atoms with E-state index in [0.717, 1.165) is 24.0 Å². The molecule has 3 heteroatoms. The third-order valence-corrected chi connectivity index (χ3v) is 4.38. The van der Waals surface area contributed by atoms with Crippen LogP contribution in [-0.4, -0.2) is 21.9 Å². The van der Waals surface area contributed by atoms with Crippen molar-refractivity contribution in [2.75, 3.05) is 0 Å². The normalized spacial score (nSPS) is 19.3. The first-order valence-electron chi connectivity index (χ1n) is 7.71. The number of phenolic OH excluding ortho intramolecular Hbond substituents is 1. The van der Waals surface area contributed by atoms with Crippen LogP contribution < -0.4 is 4.74 Å². The van der Waals surface area contributed by atoms with E-state index in [1.807, 2.05) is 32.0 Å². The lowest BCUT2D eigenvalue weighted by Gasteiger charge is -2.38. The minimum absolute atomic E-state index is 0.217. The van der Waals surface area contributed by atoms with E-state index in [-0.39, 0.29) is 5.75 Å². The maximum atomic E-state index is 10.3. The molecule has 2 N–H and O–H groups in total. The molecule has 0 aliphatic carbocycles. The van der Waals surface area contributed by atoms with E-state index in [9.17, 15) is 10.2 Å². The summed E-state index contributed by atoms with van der Waals surface area (Å²) in [5.74, 6) is 0.910. The van der Waals surface area contributed by atoms with Gasteiger partial charge in [0, 0.05) is 18.1 Å². The third-order valence-electron chi connectivity index (χ3n) is 4.38. The number of rotatable bonds is 3. The lowest BCUT2D eigenvalue weighted by Crippen LogP contribution is -2.46. The Labute approximate surface area is 131 Å². The number of aliphatic hydroxyl groups excluding tert-OH is 1. The van der Waals surface area contributed by atoms with Gasteiger partial charge in [-0.05, 0) is 43.9 Å². The van der Waals surface area contributed by atoms with Crippen LogP contribution in [0.2, 0.25) is 0 Å². The van der Waals surface area contributed by atoms with Crippen molar-refractivity contribution >= 4 is 0 Å². The highest BCUT2D eigenvalue weighted by molar-refractivity contribution is 5.48. The molecule has 0 amide bonds. The molecule has 116 valence electrons. The molecule has 0 bridgehead atoms. The summed E-state index contributed by atoms with van der Waals surface area (Å²) in [4.78, 5) is 0. The fraction of sp³-hybridized carbons (Fsp3) is 0.368. The fourth-order valence-electron chi connectivity index (χ4n) is 2.95. The lowest BCUT2D eigenvalue weighted by atomic mass is 9.87. The zero-order valence-corrected chi connectivity index (χ0v) is 13.0. The average Bonchev–Trinajstić information content (AvgIpc) is 2.47. The fourth-order valence-corrected chi connectivity index (χ4v) is 2.95. The van der Waals surface area contributed by atoms with Crippen molar-refractivity contribution in [1.29, 1.82) is 0 Å². The van der Waals surface area contributed by atoms with Crippen LogP contribution in [0.5, 0.6) is 11.5 Å². The summed E-state index contributed by atoms with van der Waals surface area (Å²) in [6.45, 7) is 3.74. The van der Waals surface area contributed by atoms with E-state index in [0.29, 0.717) is 12.2 Å². The van der Waals surface area contributed by atoms with E-state index in [1.165, 1.54) is 5.56 Å². The molecule has 3 nitrogen and oxygen atoms in total. The Kier molecular flexibility index (Phi) is 3.83. The summed E-state index contributed by atoms with van der Waals surface area (Å²) in [7, 11) is 0. The summed E-state index contributed by atoms with van der Waals surface area (Å²) in [5, 5.41) is 20.2. The molecular weight excluding hydrogens is 276 g/mol. The monoisotopic (exact) mass is 298 g/mol. The van der Waals surface area contributed by atoms with Crippen LogP contribution in [0.3, 0.4) is 0 Å². The predicted octanol–water partition coefficient (Wildman–Crippen LogP) is 3.25. The second kappa shape index (κ2) is 5.65. The molecule has 2 aromatic carbocycles. The highest BCUT2D eigenvalue weighted by Crippen LogP contribution is 2.38. The van der Waals surface area contributed by atoms with Crippen LogP contribution in [0.15, 0.2) is 42.5 Å². The molecule has 22 heavy (non-hydrogen) atoms. The first-order valence-corrected chi connectivity index (χ1v) is 7.71. The van der Waals surface area contributed by atoms with Crippen LogP contribution in [0, 0.1) is 0 Å². The highest BCUT2D eigenvalue weighted by atomic mass is 16.5. The number of aliphatic hydroxyl groups is 1. The molecule has 3 rings (SSSR count). The molecular formula is C19H22O3. The number of ether oxygens (including phenoxy) is 1. The third kappa shape index (κ3) is 2.95. The molecule has 0 fully saturated rings. The van der Waals surface area contributed by atoms with Crippen LogP contribution in [0.4, 0.5) is 0 Å². The van der Waals surface area contributed by atoms with Gasteiger partial charge in [-0.1, -0.05) is 30.3 Å². The maximum absolute atomic E-state index is 10.3. The number of benzene rings is 2. The summed E-state index contributed by atoms with van der Waals surface area (Å²) < 4.78 is 5.90. The van der Waals surface area contributed by atoms with Gasteiger partial charge < -0.3 is 14.9 Å². The molecule has 2 aromatic rings. The molecule has 0 saturated heterocycles. The van der Waals surface area contributed by atoms with Gasteiger partial charge in [-0.2, -0.15) is 0 Å². The Bertz CT molecular complexity index is 662. The van der Waals surface area contributed by atoms with E-state index in [2.05, 4.69) is 12.1 Å². The minimum atomic E-state index is -0.627. The predicted molar refractivity (Wildman–Crippen MR) is 86.4 cm³/mol. The second-order valence-corrected chi connectivity index (χ2v) is 6.49. The summed E-state index contributed by atoms with van der Waals surface area (Å²) in [6, 6.07) is 13.7. The lowest BCUT2D eigenvalue weighted by molar-refractivity contribution is -0.0414. The van der Waals surface area contributed by atoms with Gasteiger partial charge in [-0.3, -0.25) is 0 Å². The minimum Gasteiger partial charge on any atom is -0.508 e.